The van der Waals surface area contributed by atoms with Crippen LogP contribution in [0, 0.1) is 11.7 Å². The number of hydrogen-bond donors (Lipinski definition) is 4. The van der Waals surface area contributed by atoms with Crippen LogP contribution in [0.15, 0.2) is 66.7 Å². The van der Waals surface area contributed by atoms with E-state index >= 15 is 0 Å². The number of anilines is 2. The Kier molecular flexibility index (Phi) is 6.88. The second kappa shape index (κ2) is 9.99. The standard InChI is InChI=1S/C24H22ClFN4O3/c1-33-21-10-9-18(12-20(21)29-23(31)15-3-2-4-17(26)11-15)28-24(32)19-13-27-30-22(19)14-5-7-16(25)8-6-14/h2-12,19,22,27,30H,13H2,1H3,(H,28,32)(H,29,31). The van der Waals surface area contributed by atoms with E-state index in [1.54, 1.807) is 30.3 Å². The molecule has 7 nitrogen and oxygen atoms in total. The van der Waals surface area contributed by atoms with Crippen LogP contribution in [-0.2, 0) is 4.79 Å². The molecule has 4 rings (SSSR count). The van der Waals surface area contributed by atoms with E-state index < -0.39 is 11.7 Å². The second-order valence-corrected chi connectivity index (χ2v) is 7.97. The first-order chi connectivity index (χ1) is 15.9. The molecule has 170 valence electrons. The van der Waals surface area contributed by atoms with Gasteiger partial charge in [-0.3, -0.25) is 15.0 Å². The van der Waals surface area contributed by atoms with Crippen molar-refractivity contribution >= 4 is 34.8 Å². The van der Waals surface area contributed by atoms with Crippen LogP contribution in [0.3, 0.4) is 0 Å². The maximum Gasteiger partial charge on any atom is 0.255 e. The zero-order chi connectivity index (χ0) is 23.4. The number of carbonyl (C=O) groups is 2. The van der Waals surface area contributed by atoms with E-state index in [0.717, 1.165) is 11.6 Å². The molecule has 1 saturated heterocycles. The predicted octanol–water partition coefficient (Wildman–Crippen LogP) is 4.14. The molecule has 0 saturated carbocycles. The average molecular weight is 469 g/mol. The Hall–Kier alpha value is -3.46. The van der Waals surface area contributed by atoms with E-state index in [-0.39, 0.29) is 23.4 Å². The summed E-state index contributed by atoms with van der Waals surface area (Å²) in [6.45, 7) is 0.443. The largest absolute Gasteiger partial charge is 0.495 e. The molecular formula is C24H22ClFN4O3. The summed E-state index contributed by atoms with van der Waals surface area (Å²) in [7, 11) is 1.47. The molecule has 1 fully saturated rings. The van der Waals surface area contributed by atoms with E-state index in [1.165, 1.54) is 25.3 Å². The maximum absolute atomic E-state index is 13.5. The second-order valence-electron chi connectivity index (χ2n) is 7.53. The molecule has 2 amide bonds. The lowest BCUT2D eigenvalue weighted by atomic mass is 9.94. The van der Waals surface area contributed by atoms with Crippen molar-refractivity contribution in [2.24, 2.45) is 5.92 Å². The van der Waals surface area contributed by atoms with E-state index in [2.05, 4.69) is 21.5 Å². The molecule has 2 atom stereocenters. The fraction of sp³-hybridized carbons (Fsp3) is 0.167. The molecule has 3 aromatic carbocycles. The van der Waals surface area contributed by atoms with E-state index in [0.29, 0.717) is 28.7 Å². The smallest absolute Gasteiger partial charge is 0.255 e. The zero-order valence-electron chi connectivity index (χ0n) is 17.7. The van der Waals surface area contributed by atoms with Crippen LogP contribution >= 0.6 is 11.6 Å². The summed E-state index contributed by atoms with van der Waals surface area (Å²) < 4.78 is 18.8. The highest BCUT2D eigenvalue weighted by molar-refractivity contribution is 6.30. The van der Waals surface area contributed by atoms with Crippen molar-refractivity contribution in [3.63, 3.8) is 0 Å². The Morgan fingerprint density at radius 3 is 2.58 bits per heavy atom. The van der Waals surface area contributed by atoms with Crippen LogP contribution < -0.4 is 26.2 Å². The highest BCUT2D eigenvalue weighted by Gasteiger charge is 2.34. The molecule has 2 unspecified atom stereocenters. The summed E-state index contributed by atoms with van der Waals surface area (Å²) >= 11 is 5.97. The molecule has 33 heavy (non-hydrogen) atoms. The maximum atomic E-state index is 13.5. The minimum atomic E-state index is -0.510. The van der Waals surface area contributed by atoms with Gasteiger partial charge < -0.3 is 15.4 Å². The number of hydrazine groups is 1. The monoisotopic (exact) mass is 468 g/mol. The quantitative estimate of drug-likeness (QED) is 0.436. The highest BCUT2D eigenvalue weighted by Crippen LogP contribution is 2.31. The first kappa shape index (κ1) is 22.7. The summed E-state index contributed by atoms with van der Waals surface area (Å²) in [5, 5.41) is 6.23. The number of benzene rings is 3. The zero-order valence-corrected chi connectivity index (χ0v) is 18.4. The van der Waals surface area contributed by atoms with E-state index in [9.17, 15) is 14.0 Å². The van der Waals surface area contributed by atoms with E-state index in [4.69, 9.17) is 16.3 Å². The Morgan fingerprint density at radius 2 is 1.85 bits per heavy atom. The van der Waals surface area contributed by atoms with Gasteiger partial charge in [0.25, 0.3) is 5.91 Å². The average Bonchev–Trinajstić information content (AvgIpc) is 3.30. The third kappa shape index (κ3) is 5.31. The number of halogens is 2. The molecule has 3 aromatic rings. The number of hydrogen-bond acceptors (Lipinski definition) is 5. The minimum Gasteiger partial charge on any atom is -0.495 e. The topological polar surface area (TPSA) is 91.5 Å². The van der Waals surface area contributed by atoms with Gasteiger partial charge >= 0.3 is 0 Å². The van der Waals surface area contributed by atoms with Crippen molar-refractivity contribution in [3.8, 4) is 5.75 Å². The number of ether oxygens (including phenoxy) is 1. The van der Waals surface area contributed by atoms with Crippen molar-refractivity contribution in [1.29, 1.82) is 0 Å². The Balaban J connectivity index is 1.50. The third-order valence-electron chi connectivity index (χ3n) is 5.35. The van der Waals surface area contributed by atoms with Crippen molar-refractivity contribution in [2.75, 3.05) is 24.3 Å². The van der Waals surface area contributed by atoms with Crippen LogP contribution in [-0.4, -0.2) is 25.5 Å². The lowest BCUT2D eigenvalue weighted by Gasteiger charge is -2.19. The van der Waals surface area contributed by atoms with Crippen molar-refractivity contribution in [2.45, 2.75) is 6.04 Å². The van der Waals surface area contributed by atoms with Gasteiger partial charge in [0, 0.05) is 22.8 Å². The summed E-state index contributed by atoms with van der Waals surface area (Å²) in [5.74, 6) is -1.17. The third-order valence-corrected chi connectivity index (χ3v) is 5.60. The molecule has 1 aliphatic heterocycles. The molecule has 0 aromatic heterocycles. The number of amides is 2. The minimum absolute atomic E-state index is 0.167. The molecule has 4 N–H and O–H groups in total. The normalized spacial score (nSPS) is 17.4. The van der Waals surface area contributed by atoms with Crippen molar-refractivity contribution in [3.05, 3.63) is 88.7 Å². The number of rotatable bonds is 6. The highest BCUT2D eigenvalue weighted by atomic mass is 35.5. The van der Waals surface area contributed by atoms with Crippen LogP contribution in [0.5, 0.6) is 5.75 Å². The SMILES string of the molecule is COc1ccc(NC(=O)C2CNNC2c2ccc(Cl)cc2)cc1NC(=O)c1cccc(F)c1. The number of carbonyl (C=O) groups excluding carboxylic acids is 2. The summed E-state index contributed by atoms with van der Waals surface area (Å²) in [5.41, 5.74) is 8.09. The molecule has 0 spiro atoms. The van der Waals surface area contributed by atoms with Gasteiger partial charge in [-0.05, 0) is 54.1 Å². The van der Waals surface area contributed by atoms with Gasteiger partial charge in [-0.15, -0.1) is 0 Å². The fourth-order valence-electron chi connectivity index (χ4n) is 3.67. The lowest BCUT2D eigenvalue weighted by Crippen LogP contribution is -2.29. The molecule has 9 heteroatoms. The van der Waals surface area contributed by atoms with Crippen LogP contribution in [0.1, 0.15) is 22.0 Å². The molecule has 0 bridgehead atoms. The summed E-state index contributed by atoms with van der Waals surface area (Å²) in [6.07, 6.45) is 0. The first-order valence-corrected chi connectivity index (χ1v) is 10.6. The van der Waals surface area contributed by atoms with Gasteiger partial charge in [0.1, 0.15) is 11.6 Å². The Morgan fingerprint density at radius 1 is 1.06 bits per heavy atom. The van der Waals surface area contributed by atoms with Gasteiger partial charge in [-0.1, -0.05) is 29.8 Å². The Labute approximate surface area is 195 Å². The van der Waals surface area contributed by atoms with Gasteiger partial charge in [0.05, 0.1) is 24.8 Å². The Bertz CT molecular complexity index is 1170. The summed E-state index contributed by atoms with van der Waals surface area (Å²) in [6, 6.07) is 17.4. The van der Waals surface area contributed by atoms with Crippen molar-refractivity contribution in [1.82, 2.24) is 10.9 Å². The van der Waals surface area contributed by atoms with Gasteiger partial charge in [-0.25, -0.2) is 9.82 Å². The molecule has 1 heterocycles. The summed E-state index contributed by atoms with van der Waals surface area (Å²) in [4.78, 5) is 25.6. The van der Waals surface area contributed by atoms with Crippen molar-refractivity contribution < 1.29 is 18.7 Å². The van der Waals surface area contributed by atoms with Crippen LogP contribution in [0.2, 0.25) is 5.02 Å². The number of nitrogens with one attached hydrogen (secondary N) is 4. The van der Waals surface area contributed by atoms with Crippen LogP contribution in [0.4, 0.5) is 15.8 Å². The molecule has 1 aliphatic rings. The molecule has 0 aliphatic carbocycles. The fourth-order valence-corrected chi connectivity index (χ4v) is 3.80. The molecule has 0 radical (unpaired) electrons. The van der Waals surface area contributed by atoms with Gasteiger partial charge in [0.15, 0.2) is 0 Å². The van der Waals surface area contributed by atoms with Crippen LogP contribution in [0.25, 0.3) is 0 Å². The lowest BCUT2D eigenvalue weighted by molar-refractivity contribution is -0.119. The number of methoxy groups -OCH3 is 1. The van der Waals surface area contributed by atoms with Gasteiger partial charge in [0.2, 0.25) is 5.91 Å². The van der Waals surface area contributed by atoms with E-state index in [1.807, 2.05) is 12.1 Å². The van der Waals surface area contributed by atoms with Gasteiger partial charge in [-0.2, -0.15) is 0 Å². The first-order valence-electron chi connectivity index (χ1n) is 10.2. The molecular weight excluding hydrogens is 447 g/mol. The predicted molar refractivity (Wildman–Crippen MR) is 125 cm³/mol.